The second-order valence-corrected chi connectivity index (χ2v) is 5.02. The minimum atomic E-state index is -2.14. The molecule has 0 saturated carbocycles. The highest BCUT2D eigenvalue weighted by Crippen LogP contribution is 2.27. The molecule has 1 amide bonds. The summed E-state index contributed by atoms with van der Waals surface area (Å²) >= 11 is 0. The van der Waals surface area contributed by atoms with Crippen molar-refractivity contribution in [3.05, 3.63) is 35.9 Å². The normalized spacial score (nSPS) is 21.7. The van der Waals surface area contributed by atoms with E-state index in [4.69, 9.17) is 4.74 Å². The van der Waals surface area contributed by atoms with Crippen LogP contribution in [0.2, 0.25) is 0 Å². The molecule has 0 aromatic heterocycles. The highest BCUT2D eigenvalue weighted by Gasteiger charge is 2.45. The molecule has 21 heavy (non-hydrogen) atoms. The van der Waals surface area contributed by atoms with Gasteiger partial charge in [-0.1, -0.05) is 30.3 Å². The number of halogens is 1. The van der Waals surface area contributed by atoms with Crippen molar-refractivity contribution in [2.24, 2.45) is 0 Å². The molecule has 1 aliphatic rings. The van der Waals surface area contributed by atoms with Crippen molar-refractivity contribution in [2.75, 3.05) is 20.2 Å². The molecule has 0 radical (unpaired) electrons. The second-order valence-electron chi connectivity index (χ2n) is 5.02. The minimum Gasteiger partial charge on any atom is -0.467 e. The van der Waals surface area contributed by atoms with E-state index >= 15 is 0 Å². The van der Waals surface area contributed by atoms with E-state index in [0.29, 0.717) is 13.0 Å². The summed E-state index contributed by atoms with van der Waals surface area (Å²) in [5.41, 5.74) is -1.29. The molecule has 1 aliphatic heterocycles. The van der Waals surface area contributed by atoms with Crippen LogP contribution in [0.1, 0.15) is 18.4 Å². The molecule has 1 aromatic rings. The number of hydrogen-bond acceptors (Lipinski definition) is 4. The summed E-state index contributed by atoms with van der Waals surface area (Å²) in [7, 11) is 1.14. The summed E-state index contributed by atoms with van der Waals surface area (Å²) in [5, 5.41) is 0. The number of nitrogens with zero attached hydrogens (tertiary/aromatic N) is 1. The Kier molecular flexibility index (Phi) is 4.77. The van der Waals surface area contributed by atoms with Crippen molar-refractivity contribution < 1.29 is 23.5 Å². The first-order valence-corrected chi connectivity index (χ1v) is 6.78. The van der Waals surface area contributed by atoms with Crippen molar-refractivity contribution in [1.29, 1.82) is 0 Å². The molecule has 1 unspecified atom stereocenters. The maximum atomic E-state index is 14.4. The number of rotatable bonds is 3. The topological polar surface area (TPSA) is 55.8 Å². The van der Waals surface area contributed by atoms with E-state index in [9.17, 15) is 14.0 Å². The zero-order chi connectivity index (χ0) is 15.3. The van der Waals surface area contributed by atoms with Gasteiger partial charge in [-0.05, 0) is 18.4 Å². The zero-order valence-electron chi connectivity index (χ0n) is 11.9. The van der Waals surface area contributed by atoms with E-state index in [0.717, 1.165) is 12.7 Å². The van der Waals surface area contributed by atoms with Crippen LogP contribution >= 0.6 is 0 Å². The highest BCUT2D eigenvalue weighted by atomic mass is 19.1. The second kappa shape index (κ2) is 6.56. The van der Waals surface area contributed by atoms with Gasteiger partial charge in [0, 0.05) is 6.54 Å². The van der Waals surface area contributed by atoms with Crippen molar-refractivity contribution in [1.82, 2.24) is 4.90 Å². The zero-order valence-corrected chi connectivity index (χ0v) is 11.9. The molecule has 0 N–H and O–H groups in total. The van der Waals surface area contributed by atoms with E-state index in [-0.39, 0.29) is 19.6 Å². The third-order valence-corrected chi connectivity index (χ3v) is 3.46. The number of methoxy groups -OCH3 is 1. The van der Waals surface area contributed by atoms with Gasteiger partial charge in [0.25, 0.3) is 0 Å². The smallest absolute Gasteiger partial charge is 0.410 e. The summed E-state index contributed by atoms with van der Waals surface area (Å²) in [5.74, 6) is -0.942. The largest absolute Gasteiger partial charge is 0.467 e. The number of alkyl halides is 1. The average molecular weight is 295 g/mol. The van der Waals surface area contributed by atoms with Crippen molar-refractivity contribution in [3.63, 3.8) is 0 Å². The van der Waals surface area contributed by atoms with Gasteiger partial charge in [0.15, 0.2) is 0 Å². The van der Waals surface area contributed by atoms with Crippen molar-refractivity contribution in [3.8, 4) is 0 Å². The number of esters is 1. The maximum absolute atomic E-state index is 14.4. The monoisotopic (exact) mass is 295 g/mol. The van der Waals surface area contributed by atoms with Crippen LogP contribution in [0.4, 0.5) is 9.18 Å². The minimum absolute atomic E-state index is 0.0577. The third-order valence-electron chi connectivity index (χ3n) is 3.46. The lowest BCUT2D eigenvalue weighted by molar-refractivity contribution is -0.158. The summed E-state index contributed by atoms with van der Waals surface area (Å²) in [6.07, 6.45) is -0.168. The van der Waals surface area contributed by atoms with Gasteiger partial charge in [0.1, 0.15) is 6.61 Å². The summed E-state index contributed by atoms with van der Waals surface area (Å²) in [6, 6.07) is 9.21. The van der Waals surface area contributed by atoms with E-state index in [1.165, 1.54) is 4.90 Å². The summed E-state index contributed by atoms with van der Waals surface area (Å²) < 4.78 is 24.0. The Morgan fingerprint density at radius 2 is 2.05 bits per heavy atom. The molecule has 114 valence electrons. The maximum Gasteiger partial charge on any atom is 0.410 e. The molecule has 1 aromatic carbocycles. The molecule has 2 rings (SSSR count). The molecule has 5 nitrogen and oxygen atoms in total. The van der Waals surface area contributed by atoms with Gasteiger partial charge < -0.3 is 14.4 Å². The average Bonchev–Trinajstić information content (AvgIpc) is 2.52. The van der Waals surface area contributed by atoms with Gasteiger partial charge in [-0.15, -0.1) is 0 Å². The predicted octanol–water partition coefficient (Wildman–Crippen LogP) is 2.30. The van der Waals surface area contributed by atoms with E-state index in [1.54, 1.807) is 0 Å². The summed E-state index contributed by atoms with van der Waals surface area (Å²) in [6.45, 7) is 0.164. The molecule has 0 bridgehead atoms. The van der Waals surface area contributed by atoms with E-state index < -0.39 is 17.7 Å². The third kappa shape index (κ3) is 3.71. The van der Waals surface area contributed by atoms with Crippen LogP contribution in [0.15, 0.2) is 30.3 Å². The molecule has 6 heteroatoms. The van der Waals surface area contributed by atoms with Gasteiger partial charge in [-0.3, -0.25) is 0 Å². The van der Waals surface area contributed by atoms with Gasteiger partial charge >= 0.3 is 12.1 Å². The van der Waals surface area contributed by atoms with Gasteiger partial charge in [-0.2, -0.15) is 0 Å². The number of hydrogen-bond donors (Lipinski definition) is 0. The molecule has 0 spiro atoms. The van der Waals surface area contributed by atoms with Crippen LogP contribution in [0.5, 0.6) is 0 Å². The van der Waals surface area contributed by atoms with Crippen LogP contribution in [-0.2, 0) is 20.9 Å². The van der Waals surface area contributed by atoms with Crippen LogP contribution in [0.3, 0.4) is 0 Å². The van der Waals surface area contributed by atoms with E-state index in [1.807, 2.05) is 30.3 Å². The van der Waals surface area contributed by atoms with Crippen LogP contribution in [0.25, 0.3) is 0 Å². The molecular weight excluding hydrogens is 277 g/mol. The SMILES string of the molecule is COC(=O)C1(F)CCCN(C(=O)OCc2ccccc2)C1. The van der Waals surface area contributed by atoms with Crippen molar-refractivity contribution >= 4 is 12.1 Å². The lowest BCUT2D eigenvalue weighted by Gasteiger charge is -2.34. The van der Waals surface area contributed by atoms with Crippen LogP contribution in [-0.4, -0.2) is 42.8 Å². The molecule has 0 aliphatic carbocycles. The van der Waals surface area contributed by atoms with Gasteiger partial charge in [0.2, 0.25) is 5.67 Å². The lowest BCUT2D eigenvalue weighted by atomic mass is 9.95. The number of carbonyl (C=O) groups excluding carboxylic acids is 2. The Labute approximate surface area is 122 Å². The first-order chi connectivity index (χ1) is 10.0. The fourth-order valence-corrected chi connectivity index (χ4v) is 2.33. The van der Waals surface area contributed by atoms with Crippen LogP contribution in [0, 0.1) is 0 Å². The number of benzene rings is 1. The number of amides is 1. The van der Waals surface area contributed by atoms with Crippen molar-refractivity contribution in [2.45, 2.75) is 25.1 Å². The summed E-state index contributed by atoms with van der Waals surface area (Å²) in [4.78, 5) is 24.6. The molecule has 1 atom stereocenters. The number of likely N-dealkylation sites (tertiary alicyclic amines) is 1. The molecule has 1 saturated heterocycles. The van der Waals surface area contributed by atoms with Gasteiger partial charge in [-0.25, -0.2) is 14.0 Å². The Morgan fingerprint density at radius 1 is 1.33 bits per heavy atom. The van der Waals surface area contributed by atoms with Gasteiger partial charge in [0.05, 0.1) is 13.7 Å². The number of ether oxygens (including phenoxy) is 2. The quantitative estimate of drug-likeness (QED) is 0.803. The first kappa shape index (κ1) is 15.3. The fourth-order valence-electron chi connectivity index (χ4n) is 2.33. The highest BCUT2D eigenvalue weighted by molar-refractivity contribution is 5.81. The predicted molar refractivity (Wildman–Crippen MR) is 73.3 cm³/mol. The Balaban J connectivity index is 1.92. The number of carbonyl (C=O) groups is 2. The van der Waals surface area contributed by atoms with E-state index in [2.05, 4.69) is 4.74 Å². The lowest BCUT2D eigenvalue weighted by Crippen LogP contribution is -2.52. The Hall–Kier alpha value is -2.11. The number of piperidine rings is 1. The standard InChI is InChI=1S/C15H18FNO4/c1-20-13(18)15(16)8-5-9-17(11-15)14(19)21-10-12-6-3-2-4-7-12/h2-4,6-7H,5,8-11H2,1H3. The molecule has 1 fully saturated rings. The first-order valence-electron chi connectivity index (χ1n) is 6.78. The molecule has 1 heterocycles. The Bertz CT molecular complexity index is 508. The van der Waals surface area contributed by atoms with Crippen LogP contribution < -0.4 is 0 Å². The Morgan fingerprint density at radius 3 is 2.71 bits per heavy atom. The fraction of sp³-hybridized carbons (Fsp3) is 0.467. The molecular formula is C15H18FNO4.